The van der Waals surface area contributed by atoms with Gasteiger partial charge < -0.3 is 10.6 Å². The topological polar surface area (TPSA) is 41.1 Å². The third kappa shape index (κ3) is 5.92. The molecule has 2 aromatic carbocycles. The molecule has 0 unspecified atom stereocenters. The average molecular weight is 469 g/mol. The van der Waals surface area contributed by atoms with Gasteiger partial charge in [0.1, 0.15) is 0 Å². The molecule has 152 valence electrons. The predicted molar refractivity (Wildman–Crippen MR) is 133 cm³/mol. The van der Waals surface area contributed by atoms with Gasteiger partial charge in [-0.15, -0.1) is 46.2 Å². The fraction of sp³-hybridized carbons (Fsp3) is 0.0870. The summed E-state index contributed by atoms with van der Waals surface area (Å²) in [4.78, 5) is 15.0. The van der Waals surface area contributed by atoms with Crippen molar-refractivity contribution < 1.29 is 4.79 Å². The number of anilines is 2. The fourth-order valence-electron chi connectivity index (χ4n) is 2.72. The molecule has 2 aromatic heterocycles. The van der Waals surface area contributed by atoms with Crippen LogP contribution in [0.3, 0.4) is 0 Å². The van der Waals surface area contributed by atoms with Crippen LogP contribution in [0.15, 0.2) is 92.0 Å². The third-order valence-electron chi connectivity index (χ3n) is 4.26. The Morgan fingerprint density at radius 1 is 0.667 bits per heavy atom. The molecule has 3 nitrogen and oxygen atoms in total. The number of carbonyl (C=O) groups is 1. The van der Waals surface area contributed by atoms with Crippen molar-refractivity contribution in [3.05, 3.63) is 93.3 Å². The molecule has 4 rings (SSSR count). The molecule has 0 aliphatic carbocycles. The number of benzene rings is 2. The third-order valence-corrected chi connectivity index (χ3v) is 7.96. The summed E-state index contributed by atoms with van der Waals surface area (Å²) in [6.07, 6.45) is 0. The number of carbonyl (C=O) groups excluding carboxylic acids is 1. The van der Waals surface area contributed by atoms with Gasteiger partial charge in [-0.3, -0.25) is 0 Å². The fourth-order valence-corrected chi connectivity index (χ4v) is 6.33. The van der Waals surface area contributed by atoms with E-state index in [9.17, 15) is 4.79 Å². The normalized spacial score (nSPS) is 10.7. The van der Waals surface area contributed by atoms with Crippen molar-refractivity contribution in [3.8, 4) is 0 Å². The zero-order valence-electron chi connectivity index (χ0n) is 16.0. The number of thioether (sulfide) groups is 2. The van der Waals surface area contributed by atoms with Gasteiger partial charge in [0.25, 0.3) is 0 Å². The molecule has 0 radical (unpaired) electrons. The molecule has 0 bridgehead atoms. The Morgan fingerprint density at radius 3 is 1.53 bits per heavy atom. The number of amides is 2. The Labute approximate surface area is 192 Å². The summed E-state index contributed by atoms with van der Waals surface area (Å²) >= 11 is 6.74. The van der Waals surface area contributed by atoms with Gasteiger partial charge in [0, 0.05) is 32.1 Å². The summed E-state index contributed by atoms with van der Waals surface area (Å²) in [5.74, 6) is 1.64. The highest BCUT2D eigenvalue weighted by atomic mass is 32.2. The van der Waals surface area contributed by atoms with E-state index in [1.54, 1.807) is 46.2 Å². The molecular weight excluding hydrogens is 449 g/mol. The van der Waals surface area contributed by atoms with E-state index in [0.717, 1.165) is 34.0 Å². The average Bonchev–Trinajstić information content (AvgIpc) is 3.41. The second-order valence-electron chi connectivity index (χ2n) is 6.40. The molecule has 0 aliphatic heterocycles. The molecule has 7 heteroatoms. The Bertz CT molecular complexity index is 991. The Balaban J connectivity index is 1.32. The summed E-state index contributed by atoms with van der Waals surface area (Å²) in [5, 5.41) is 14.2. The first-order valence-electron chi connectivity index (χ1n) is 9.32. The standard InChI is InChI=1S/C23H20N2OS4/c26-23(24-21-15-27-11-17(21)13-29-19-7-3-1-4-8-19)25-22-16-28-12-18(22)14-30-20-9-5-2-6-10-20/h1-12,15-16H,13-14H2,(H2,24,25,26). The smallest absolute Gasteiger partial charge is 0.307 e. The minimum absolute atomic E-state index is 0.205. The molecule has 2 heterocycles. The molecule has 0 fully saturated rings. The van der Waals surface area contributed by atoms with Gasteiger partial charge in [-0.25, -0.2) is 4.79 Å². The molecule has 2 N–H and O–H groups in total. The van der Waals surface area contributed by atoms with Gasteiger partial charge in [-0.2, -0.15) is 0 Å². The number of urea groups is 1. The van der Waals surface area contributed by atoms with Gasteiger partial charge in [0.15, 0.2) is 0 Å². The van der Waals surface area contributed by atoms with Crippen molar-refractivity contribution in [1.82, 2.24) is 0 Å². The summed E-state index contributed by atoms with van der Waals surface area (Å²) in [7, 11) is 0. The van der Waals surface area contributed by atoms with E-state index in [0.29, 0.717) is 0 Å². The molecule has 0 spiro atoms. The molecule has 0 aliphatic rings. The van der Waals surface area contributed by atoms with E-state index < -0.39 is 0 Å². The van der Waals surface area contributed by atoms with E-state index in [1.807, 2.05) is 47.2 Å². The second-order valence-corrected chi connectivity index (χ2v) is 9.99. The lowest BCUT2D eigenvalue weighted by molar-refractivity contribution is 0.262. The monoisotopic (exact) mass is 468 g/mol. The van der Waals surface area contributed by atoms with Crippen molar-refractivity contribution in [3.63, 3.8) is 0 Å². The molecule has 30 heavy (non-hydrogen) atoms. The second kappa shape index (κ2) is 10.7. The number of rotatable bonds is 8. The van der Waals surface area contributed by atoms with E-state index in [2.05, 4.69) is 45.7 Å². The first-order valence-corrected chi connectivity index (χ1v) is 13.2. The zero-order valence-corrected chi connectivity index (χ0v) is 19.3. The molecule has 2 amide bonds. The Morgan fingerprint density at radius 2 is 1.10 bits per heavy atom. The maximum Gasteiger partial charge on any atom is 0.323 e. The van der Waals surface area contributed by atoms with Crippen LogP contribution in [0.25, 0.3) is 0 Å². The van der Waals surface area contributed by atoms with Crippen molar-refractivity contribution in [2.75, 3.05) is 10.6 Å². The van der Waals surface area contributed by atoms with Crippen molar-refractivity contribution in [2.24, 2.45) is 0 Å². The number of hydrogen-bond acceptors (Lipinski definition) is 5. The summed E-state index contributed by atoms with van der Waals surface area (Å²) in [6, 6.07) is 20.4. The van der Waals surface area contributed by atoms with E-state index in [1.165, 1.54) is 9.79 Å². The van der Waals surface area contributed by atoms with Gasteiger partial charge in [-0.1, -0.05) is 36.4 Å². The van der Waals surface area contributed by atoms with E-state index in [-0.39, 0.29) is 6.03 Å². The largest absolute Gasteiger partial charge is 0.323 e. The molecule has 0 saturated heterocycles. The summed E-state index contributed by atoms with van der Waals surface area (Å²) in [6.45, 7) is 0. The Hall–Kier alpha value is -2.19. The predicted octanol–water partition coefficient (Wildman–Crippen LogP) is 8.04. The zero-order chi connectivity index (χ0) is 20.6. The lowest BCUT2D eigenvalue weighted by Gasteiger charge is -2.10. The maximum absolute atomic E-state index is 12.6. The van der Waals surface area contributed by atoms with Crippen LogP contribution in [0.1, 0.15) is 11.1 Å². The summed E-state index contributed by atoms with van der Waals surface area (Å²) < 4.78 is 0. The van der Waals surface area contributed by atoms with Crippen LogP contribution < -0.4 is 10.6 Å². The summed E-state index contributed by atoms with van der Waals surface area (Å²) in [5.41, 5.74) is 4.01. The highest BCUT2D eigenvalue weighted by molar-refractivity contribution is 7.98. The van der Waals surface area contributed by atoms with Crippen LogP contribution in [-0.4, -0.2) is 6.03 Å². The van der Waals surface area contributed by atoms with Crippen LogP contribution in [0.5, 0.6) is 0 Å². The highest BCUT2D eigenvalue weighted by Crippen LogP contribution is 2.31. The van der Waals surface area contributed by atoms with Crippen LogP contribution >= 0.6 is 46.2 Å². The number of hydrogen-bond donors (Lipinski definition) is 2. The first-order chi connectivity index (χ1) is 14.8. The minimum Gasteiger partial charge on any atom is -0.307 e. The van der Waals surface area contributed by atoms with E-state index >= 15 is 0 Å². The van der Waals surface area contributed by atoms with Crippen molar-refractivity contribution in [2.45, 2.75) is 21.3 Å². The minimum atomic E-state index is -0.205. The molecule has 0 saturated carbocycles. The first kappa shape index (κ1) is 21.1. The van der Waals surface area contributed by atoms with Crippen molar-refractivity contribution in [1.29, 1.82) is 0 Å². The lowest BCUT2D eigenvalue weighted by atomic mass is 10.3. The van der Waals surface area contributed by atoms with Gasteiger partial charge in [0.05, 0.1) is 11.4 Å². The van der Waals surface area contributed by atoms with Crippen LogP contribution in [0.4, 0.5) is 16.2 Å². The number of thiophene rings is 2. The van der Waals surface area contributed by atoms with Gasteiger partial charge >= 0.3 is 6.03 Å². The Kier molecular flexibility index (Phi) is 7.53. The van der Waals surface area contributed by atoms with Gasteiger partial charge in [-0.05, 0) is 46.2 Å². The van der Waals surface area contributed by atoms with Crippen LogP contribution in [-0.2, 0) is 11.5 Å². The number of nitrogens with one attached hydrogen (secondary N) is 2. The maximum atomic E-state index is 12.6. The van der Waals surface area contributed by atoms with Gasteiger partial charge in [0.2, 0.25) is 0 Å². The van der Waals surface area contributed by atoms with Crippen LogP contribution in [0, 0.1) is 0 Å². The quantitative estimate of drug-likeness (QED) is 0.257. The SMILES string of the molecule is O=C(Nc1cscc1CSc1ccccc1)Nc1cscc1CSc1ccccc1. The van der Waals surface area contributed by atoms with Crippen molar-refractivity contribution >= 4 is 63.6 Å². The molecular formula is C23H20N2OS4. The van der Waals surface area contributed by atoms with Crippen LogP contribution in [0.2, 0.25) is 0 Å². The molecule has 4 aromatic rings. The van der Waals surface area contributed by atoms with E-state index in [4.69, 9.17) is 0 Å². The highest BCUT2D eigenvalue weighted by Gasteiger charge is 2.12. The lowest BCUT2D eigenvalue weighted by Crippen LogP contribution is -2.20. The molecule has 0 atom stereocenters.